The molecule has 3 aromatic carbocycles. The van der Waals surface area contributed by atoms with E-state index in [-0.39, 0.29) is 25.1 Å². The fourth-order valence-corrected chi connectivity index (χ4v) is 3.58. The van der Waals surface area contributed by atoms with E-state index in [4.69, 9.17) is 9.47 Å². The smallest absolute Gasteiger partial charge is 0.408 e. The highest BCUT2D eigenvalue weighted by atomic mass is 19.1. The number of ether oxygens (including phenoxy) is 2. The summed E-state index contributed by atoms with van der Waals surface area (Å²) in [4.78, 5) is 47.9. The van der Waals surface area contributed by atoms with Crippen LogP contribution in [0.25, 0.3) is 0 Å². The SMILES string of the molecule is COc1ccc(COC(=O)NC(Cc2ccc([N+](=O)[O-])cc2)C(=O)NC(Cc2ccc(F)cc2)C(=O)O)cc1. The van der Waals surface area contributed by atoms with Crippen molar-refractivity contribution in [3.8, 4) is 5.75 Å². The molecule has 0 aromatic heterocycles. The second-order valence-corrected chi connectivity index (χ2v) is 8.48. The molecule has 0 radical (unpaired) electrons. The number of carbonyl (C=O) groups is 3. The summed E-state index contributed by atoms with van der Waals surface area (Å²) in [6, 6.07) is 14.6. The number of non-ortho nitro benzene ring substituents is 1. The number of nitrogens with zero attached hydrogens (tertiary/aromatic N) is 1. The number of carboxylic acid groups (broad SMARTS) is 1. The van der Waals surface area contributed by atoms with Gasteiger partial charge in [-0.15, -0.1) is 0 Å². The highest BCUT2D eigenvalue weighted by Gasteiger charge is 2.28. The quantitative estimate of drug-likeness (QED) is 0.234. The van der Waals surface area contributed by atoms with Crippen molar-refractivity contribution in [2.45, 2.75) is 31.5 Å². The number of hydrogen-bond donors (Lipinski definition) is 3. The average molecular weight is 540 g/mol. The number of nitro benzene ring substituents is 1. The van der Waals surface area contributed by atoms with E-state index in [1.54, 1.807) is 24.3 Å². The molecular formula is C27H26FN3O8. The van der Waals surface area contributed by atoms with Gasteiger partial charge in [0.05, 0.1) is 12.0 Å². The van der Waals surface area contributed by atoms with E-state index in [1.165, 1.54) is 55.6 Å². The zero-order valence-electron chi connectivity index (χ0n) is 20.8. The van der Waals surface area contributed by atoms with E-state index >= 15 is 0 Å². The van der Waals surface area contributed by atoms with Crippen LogP contribution in [0.3, 0.4) is 0 Å². The lowest BCUT2D eigenvalue weighted by Crippen LogP contribution is -2.53. The summed E-state index contributed by atoms with van der Waals surface area (Å²) in [7, 11) is 1.52. The van der Waals surface area contributed by atoms with Crippen molar-refractivity contribution in [3.05, 3.63) is 105 Å². The maximum atomic E-state index is 13.2. The first kappa shape index (κ1) is 28.6. The Morgan fingerprint density at radius 3 is 1.95 bits per heavy atom. The molecule has 0 aliphatic carbocycles. The molecule has 0 aliphatic rings. The van der Waals surface area contributed by atoms with Crippen molar-refractivity contribution in [2.24, 2.45) is 0 Å². The first-order valence-corrected chi connectivity index (χ1v) is 11.7. The number of alkyl carbamates (subject to hydrolysis) is 1. The molecule has 0 saturated heterocycles. The van der Waals surface area contributed by atoms with Gasteiger partial charge in [-0.05, 0) is 41.0 Å². The fourth-order valence-electron chi connectivity index (χ4n) is 3.58. The van der Waals surface area contributed by atoms with Gasteiger partial charge in [0, 0.05) is 25.0 Å². The van der Waals surface area contributed by atoms with Crippen molar-refractivity contribution in [3.63, 3.8) is 0 Å². The van der Waals surface area contributed by atoms with Crippen LogP contribution in [0.5, 0.6) is 5.75 Å². The van der Waals surface area contributed by atoms with Gasteiger partial charge in [-0.2, -0.15) is 0 Å². The van der Waals surface area contributed by atoms with Crippen molar-refractivity contribution in [2.75, 3.05) is 7.11 Å². The van der Waals surface area contributed by atoms with E-state index in [2.05, 4.69) is 10.6 Å². The lowest BCUT2D eigenvalue weighted by Gasteiger charge is -2.21. The summed E-state index contributed by atoms with van der Waals surface area (Å²) in [5.41, 5.74) is 1.45. The fraction of sp³-hybridized carbons (Fsp3) is 0.222. The number of amides is 2. The minimum atomic E-state index is -1.38. The highest BCUT2D eigenvalue weighted by molar-refractivity contribution is 5.89. The highest BCUT2D eigenvalue weighted by Crippen LogP contribution is 2.15. The van der Waals surface area contributed by atoms with E-state index < -0.39 is 40.8 Å². The summed E-state index contributed by atoms with van der Waals surface area (Å²) < 4.78 is 23.5. The molecule has 0 spiro atoms. The Balaban J connectivity index is 1.72. The van der Waals surface area contributed by atoms with Gasteiger partial charge in [0.1, 0.15) is 30.3 Å². The number of nitrogens with one attached hydrogen (secondary N) is 2. The van der Waals surface area contributed by atoms with Gasteiger partial charge in [0.2, 0.25) is 5.91 Å². The third-order valence-corrected chi connectivity index (χ3v) is 5.69. The molecule has 2 unspecified atom stereocenters. The van der Waals surface area contributed by atoms with E-state index in [0.717, 1.165) is 0 Å². The van der Waals surface area contributed by atoms with Crippen LogP contribution in [0.1, 0.15) is 16.7 Å². The van der Waals surface area contributed by atoms with Crippen molar-refractivity contribution >= 4 is 23.7 Å². The zero-order chi connectivity index (χ0) is 28.4. The van der Waals surface area contributed by atoms with Gasteiger partial charge in [0.25, 0.3) is 5.69 Å². The van der Waals surface area contributed by atoms with Crippen LogP contribution in [-0.2, 0) is 33.8 Å². The molecule has 0 heterocycles. The number of methoxy groups -OCH3 is 1. The first-order valence-electron chi connectivity index (χ1n) is 11.7. The second kappa shape index (κ2) is 13.5. The molecule has 0 saturated carbocycles. The standard InChI is InChI=1S/C27H26FN3O8/c1-38-22-12-6-19(7-13-22)16-39-27(35)30-23(14-18-4-10-21(11-5-18)31(36)37)25(32)29-24(26(33)34)15-17-2-8-20(28)9-3-17/h2-13,23-24H,14-16H2,1H3,(H,29,32)(H,30,35)(H,33,34). The minimum absolute atomic E-state index is 0.107. The number of nitro groups is 1. The van der Waals surface area contributed by atoms with Gasteiger partial charge in [-0.1, -0.05) is 36.4 Å². The van der Waals surface area contributed by atoms with E-state index in [0.29, 0.717) is 22.4 Å². The lowest BCUT2D eigenvalue weighted by molar-refractivity contribution is -0.384. The third-order valence-electron chi connectivity index (χ3n) is 5.69. The molecule has 11 nitrogen and oxygen atoms in total. The predicted octanol–water partition coefficient (Wildman–Crippen LogP) is 3.39. The Bertz CT molecular complexity index is 1300. The van der Waals surface area contributed by atoms with Gasteiger partial charge in [-0.3, -0.25) is 14.9 Å². The molecule has 3 rings (SSSR count). The summed E-state index contributed by atoms with van der Waals surface area (Å²) in [5, 5.41) is 25.4. The number of hydrogen-bond acceptors (Lipinski definition) is 7. The van der Waals surface area contributed by atoms with Crippen molar-refractivity contribution in [1.29, 1.82) is 0 Å². The Hall–Kier alpha value is -5.00. The van der Waals surface area contributed by atoms with E-state index in [9.17, 15) is 34.0 Å². The monoisotopic (exact) mass is 539 g/mol. The third kappa shape index (κ3) is 8.81. The molecule has 3 aromatic rings. The minimum Gasteiger partial charge on any atom is -0.497 e. The average Bonchev–Trinajstić information content (AvgIpc) is 2.92. The van der Waals surface area contributed by atoms with Gasteiger partial charge >= 0.3 is 12.1 Å². The van der Waals surface area contributed by atoms with Crippen molar-refractivity contribution in [1.82, 2.24) is 10.6 Å². The Morgan fingerprint density at radius 1 is 0.872 bits per heavy atom. The molecule has 2 amide bonds. The van der Waals surface area contributed by atoms with Crippen LogP contribution in [0.4, 0.5) is 14.9 Å². The molecule has 3 N–H and O–H groups in total. The Kier molecular flexibility index (Phi) is 9.90. The first-order chi connectivity index (χ1) is 18.6. The zero-order valence-corrected chi connectivity index (χ0v) is 20.8. The molecule has 0 fully saturated rings. The van der Waals surface area contributed by atoms with Gasteiger partial charge < -0.3 is 25.2 Å². The number of rotatable bonds is 12. The number of aliphatic carboxylic acids is 1. The largest absolute Gasteiger partial charge is 0.497 e. The molecule has 0 bridgehead atoms. The Morgan fingerprint density at radius 2 is 1.41 bits per heavy atom. The van der Waals surface area contributed by atoms with Crippen LogP contribution in [0.15, 0.2) is 72.8 Å². The molecule has 2 atom stereocenters. The van der Waals surface area contributed by atoms with Crippen LogP contribution in [0.2, 0.25) is 0 Å². The van der Waals surface area contributed by atoms with Crippen LogP contribution in [0, 0.1) is 15.9 Å². The molecule has 204 valence electrons. The van der Waals surface area contributed by atoms with E-state index in [1.807, 2.05) is 0 Å². The summed E-state index contributed by atoms with van der Waals surface area (Å²) in [6.07, 6.45) is -1.17. The molecular weight excluding hydrogens is 513 g/mol. The molecule has 12 heteroatoms. The second-order valence-electron chi connectivity index (χ2n) is 8.48. The van der Waals surface area contributed by atoms with Crippen LogP contribution in [-0.4, -0.2) is 47.2 Å². The topological polar surface area (TPSA) is 157 Å². The number of benzene rings is 3. The number of carboxylic acids is 1. The van der Waals surface area contributed by atoms with Crippen molar-refractivity contribution < 1.29 is 38.3 Å². The Labute approximate surface area is 222 Å². The number of halogens is 1. The van der Waals surface area contributed by atoms with Gasteiger partial charge in [-0.25, -0.2) is 14.0 Å². The number of carbonyl (C=O) groups excluding carboxylic acids is 2. The molecule has 0 aliphatic heterocycles. The summed E-state index contributed by atoms with van der Waals surface area (Å²) in [6.45, 7) is -0.107. The summed E-state index contributed by atoms with van der Waals surface area (Å²) in [5.74, 6) is -2.01. The van der Waals surface area contributed by atoms with Gasteiger partial charge in [0.15, 0.2) is 0 Å². The maximum absolute atomic E-state index is 13.2. The lowest BCUT2D eigenvalue weighted by atomic mass is 10.0. The predicted molar refractivity (Wildman–Crippen MR) is 137 cm³/mol. The van der Waals surface area contributed by atoms with Crippen LogP contribution < -0.4 is 15.4 Å². The summed E-state index contributed by atoms with van der Waals surface area (Å²) >= 11 is 0. The maximum Gasteiger partial charge on any atom is 0.408 e. The molecule has 39 heavy (non-hydrogen) atoms. The van der Waals surface area contributed by atoms with Crippen LogP contribution >= 0.6 is 0 Å². The normalized spacial score (nSPS) is 12.1.